The van der Waals surface area contributed by atoms with Gasteiger partial charge in [-0.3, -0.25) is 9.10 Å². The first-order valence-electron chi connectivity index (χ1n) is 5.31. The van der Waals surface area contributed by atoms with E-state index in [9.17, 15) is 4.79 Å². The Hall–Kier alpha value is -0.960. The van der Waals surface area contributed by atoms with E-state index in [1.807, 2.05) is 6.07 Å². The molecule has 0 atom stereocenters. The molecule has 2 aliphatic rings. The lowest BCUT2D eigenvalue weighted by Crippen LogP contribution is -2.11. The number of carbonyl (C=O) groups is 1. The summed E-state index contributed by atoms with van der Waals surface area (Å²) in [5.41, 5.74) is 4.65. The van der Waals surface area contributed by atoms with Gasteiger partial charge in [-0.05, 0) is 42.9 Å². The van der Waals surface area contributed by atoms with Gasteiger partial charge >= 0.3 is 0 Å². The quantitative estimate of drug-likeness (QED) is 0.720. The van der Waals surface area contributed by atoms with Gasteiger partial charge in [0.1, 0.15) is 0 Å². The fraction of sp³-hybridized carbons (Fsp3) is 0.417. The zero-order valence-electron chi connectivity index (χ0n) is 8.66. The average molecular weight is 219 g/mol. The topological polar surface area (TPSA) is 20.3 Å². The van der Waals surface area contributed by atoms with Gasteiger partial charge in [0.15, 0.2) is 0 Å². The standard InChI is InChI=1S/C12H13NOS/c1-7-4-9(8-2-3-8)11-6-13(15)12(14)10(11)5-7/h4-5,8,15H,2-3,6H2,1H3. The zero-order valence-corrected chi connectivity index (χ0v) is 9.55. The monoisotopic (exact) mass is 219 g/mol. The number of rotatable bonds is 1. The molecule has 3 heteroatoms. The molecule has 1 aliphatic carbocycles. The van der Waals surface area contributed by atoms with Crippen molar-refractivity contribution in [3.05, 3.63) is 34.4 Å². The van der Waals surface area contributed by atoms with Gasteiger partial charge < -0.3 is 0 Å². The van der Waals surface area contributed by atoms with Gasteiger partial charge in [0.05, 0.1) is 6.54 Å². The maximum Gasteiger partial charge on any atom is 0.264 e. The Morgan fingerprint density at radius 1 is 1.40 bits per heavy atom. The highest BCUT2D eigenvalue weighted by atomic mass is 32.1. The van der Waals surface area contributed by atoms with Crippen molar-refractivity contribution in [2.24, 2.45) is 0 Å². The molecule has 1 fully saturated rings. The molecule has 0 bridgehead atoms. The molecule has 0 unspecified atom stereocenters. The number of thiol groups is 1. The number of fused-ring (bicyclic) bond motifs is 1. The number of benzene rings is 1. The highest BCUT2D eigenvalue weighted by Gasteiger charge is 2.33. The Labute approximate surface area is 94.8 Å². The second-order valence-corrected chi connectivity index (χ2v) is 5.00. The van der Waals surface area contributed by atoms with E-state index in [4.69, 9.17) is 0 Å². The maximum absolute atomic E-state index is 11.8. The maximum atomic E-state index is 11.8. The number of carbonyl (C=O) groups excluding carboxylic acids is 1. The van der Waals surface area contributed by atoms with Crippen LogP contribution in [0.5, 0.6) is 0 Å². The van der Waals surface area contributed by atoms with Crippen LogP contribution in [0, 0.1) is 6.92 Å². The summed E-state index contributed by atoms with van der Waals surface area (Å²) in [5, 5.41) is 0. The smallest absolute Gasteiger partial charge is 0.264 e. The van der Waals surface area contributed by atoms with Crippen LogP contribution in [-0.2, 0) is 6.54 Å². The third-order valence-electron chi connectivity index (χ3n) is 3.22. The summed E-state index contributed by atoms with van der Waals surface area (Å²) in [6, 6.07) is 4.22. The third kappa shape index (κ3) is 1.37. The van der Waals surface area contributed by atoms with Crippen molar-refractivity contribution in [1.82, 2.24) is 4.31 Å². The summed E-state index contributed by atoms with van der Waals surface area (Å²) in [5.74, 6) is 0.755. The lowest BCUT2D eigenvalue weighted by atomic mass is 9.97. The van der Waals surface area contributed by atoms with Crippen LogP contribution >= 0.6 is 12.8 Å². The van der Waals surface area contributed by atoms with Crippen LogP contribution in [0.2, 0.25) is 0 Å². The molecule has 78 valence electrons. The predicted molar refractivity (Wildman–Crippen MR) is 62.0 cm³/mol. The highest BCUT2D eigenvalue weighted by molar-refractivity contribution is 7.78. The Balaban J connectivity index is 2.18. The molecule has 1 heterocycles. The van der Waals surface area contributed by atoms with Crippen molar-refractivity contribution in [1.29, 1.82) is 0 Å². The van der Waals surface area contributed by atoms with Crippen molar-refractivity contribution < 1.29 is 4.79 Å². The minimum atomic E-state index is 0.0546. The largest absolute Gasteiger partial charge is 0.281 e. The fourth-order valence-corrected chi connectivity index (χ4v) is 2.58. The molecular formula is C12H13NOS. The molecule has 1 amide bonds. The molecule has 0 saturated heterocycles. The molecule has 15 heavy (non-hydrogen) atoms. The van der Waals surface area contributed by atoms with Crippen LogP contribution in [0.25, 0.3) is 0 Å². The summed E-state index contributed by atoms with van der Waals surface area (Å²) >= 11 is 4.19. The summed E-state index contributed by atoms with van der Waals surface area (Å²) in [6.45, 7) is 2.73. The van der Waals surface area contributed by atoms with Crippen molar-refractivity contribution in [2.75, 3.05) is 0 Å². The van der Waals surface area contributed by atoms with Gasteiger partial charge in [0.25, 0.3) is 5.91 Å². The molecule has 0 radical (unpaired) electrons. The lowest BCUT2D eigenvalue weighted by Gasteiger charge is -2.07. The molecule has 0 aromatic heterocycles. The number of aryl methyl sites for hydroxylation is 1. The first-order chi connectivity index (χ1) is 7.16. The Morgan fingerprint density at radius 2 is 2.13 bits per heavy atom. The molecule has 1 saturated carbocycles. The Bertz CT molecular complexity index is 451. The fourth-order valence-electron chi connectivity index (χ4n) is 2.33. The van der Waals surface area contributed by atoms with Crippen LogP contribution in [0.1, 0.15) is 45.8 Å². The highest BCUT2D eigenvalue weighted by Crippen LogP contribution is 2.44. The summed E-state index contributed by atoms with van der Waals surface area (Å²) in [4.78, 5) is 11.8. The van der Waals surface area contributed by atoms with Gasteiger partial charge in [0, 0.05) is 5.56 Å². The van der Waals surface area contributed by atoms with Crippen LogP contribution in [0.3, 0.4) is 0 Å². The minimum absolute atomic E-state index is 0.0546. The van der Waals surface area contributed by atoms with E-state index >= 15 is 0 Å². The number of hydrogen-bond donors (Lipinski definition) is 1. The van der Waals surface area contributed by atoms with E-state index < -0.39 is 0 Å². The lowest BCUT2D eigenvalue weighted by molar-refractivity contribution is 0.0891. The minimum Gasteiger partial charge on any atom is -0.281 e. The van der Waals surface area contributed by atoms with Crippen LogP contribution in [-0.4, -0.2) is 10.2 Å². The second kappa shape index (κ2) is 3.01. The molecule has 1 aliphatic heterocycles. The first kappa shape index (κ1) is 9.28. The van der Waals surface area contributed by atoms with Gasteiger partial charge in [-0.15, -0.1) is 0 Å². The first-order valence-corrected chi connectivity index (χ1v) is 5.71. The van der Waals surface area contributed by atoms with E-state index in [-0.39, 0.29) is 5.91 Å². The second-order valence-electron chi connectivity index (χ2n) is 4.52. The molecular weight excluding hydrogens is 206 g/mol. The van der Waals surface area contributed by atoms with Gasteiger partial charge in [0.2, 0.25) is 0 Å². The normalized spacial score (nSPS) is 19.6. The van der Waals surface area contributed by atoms with Crippen LogP contribution in [0.15, 0.2) is 12.1 Å². The Kier molecular flexibility index (Phi) is 1.87. The molecule has 0 spiro atoms. The van der Waals surface area contributed by atoms with E-state index in [1.165, 1.54) is 33.8 Å². The van der Waals surface area contributed by atoms with Gasteiger partial charge in [-0.25, -0.2) is 0 Å². The average Bonchev–Trinajstić information content (AvgIpc) is 2.98. The van der Waals surface area contributed by atoms with Crippen molar-refractivity contribution >= 4 is 18.7 Å². The van der Waals surface area contributed by atoms with E-state index in [1.54, 1.807) is 0 Å². The summed E-state index contributed by atoms with van der Waals surface area (Å²) < 4.78 is 1.51. The zero-order chi connectivity index (χ0) is 10.6. The summed E-state index contributed by atoms with van der Waals surface area (Å²) in [6.07, 6.45) is 2.55. The third-order valence-corrected chi connectivity index (χ3v) is 3.54. The van der Waals surface area contributed by atoms with Crippen molar-refractivity contribution in [3.8, 4) is 0 Å². The van der Waals surface area contributed by atoms with Crippen LogP contribution < -0.4 is 0 Å². The molecule has 0 N–H and O–H groups in total. The number of amides is 1. The van der Waals surface area contributed by atoms with E-state index in [2.05, 4.69) is 25.8 Å². The summed E-state index contributed by atoms with van der Waals surface area (Å²) in [7, 11) is 0. The van der Waals surface area contributed by atoms with Crippen LogP contribution in [0.4, 0.5) is 0 Å². The van der Waals surface area contributed by atoms with E-state index in [0.717, 1.165) is 5.56 Å². The van der Waals surface area contributed by atoms with E-state index in [0.29, 0.717) is 12.5 Å². The van der Waals surface area contributed by atoms with Gasteiger partial charge in [-0.1, -0.05) is 24.4 Å². The van der Waals surface area contributed by atoms with Crippen molar-refractivity contribution in [2.45, 2.75) is 32.2 Å². The predicted octanol–water partition coefficient (Wildman–Crippen LogP) is 2.67. The number of nitrogens with zero attached hydrogens (tertiary/aromatic N) is 1. The molecule has 1 aromatic rings. The van der Waals surface area contributed by atoms with Crippen molar-refractivity contribution in [3.63, 3.8) is 0 Å². The SMILES string of the molecule is Cc1cc2c(c(C3CC3)c1)CN(S)C2=O. The Morgan fingerprint density at radius 3 is 2.80 bits per heavy atom. The molecule has 1 aromatic carbocycles. The number of hydrogen-bond acceptors (Lipinski definition) is 2. The molecule has 3 rings (SSSR count). The molecule has 2 nitrogen and oxygen atoms in total. The van der Waals surface area contributed by atoms with Gasteiger partial charge in [-0.2, -0.15) is 0 Å².